The molecule has 0 bridgehead atoms. The number of nitrogens with zero attached hydrogens (tertiary/aromatic N) is 4. The SMILES string of the molecule is CC1(C)CC(c2cccc(F)c2)OP(=O)(OC[C@H]2O[C@@H](n3cnc4c(N)ncnc43)[C@]3(C)OC(=O)O[C@H]23)O1. The minimum absolute atomic E-state index is 0.174. The zero-order valence-electron chi connectivity index (χ0n) is 20.6. The third-order valence-electron chi connectivity index (χ3n) is 6.77. The lowest BCUT2D eigenvalue weighted by atomic mass is 9.96. The number of hydrogen-bond donors (Lipinski definition) is 1. The number of phosphoric acid groups is 1. The minimum Gasteiger partial charge on any atom is -0.424 e. The molecule has 15 heteroatoms. The van der Waals surface area contributed by atoms with Crippen LogP contribution < -0.4 is 5.73 Å². The van der Waals surface area contributed by atoms with E-state index in [9.17, 15) is 13.8 Å². The number of phosphoric ester groups is 1. The molecule has 6 atom stereocenters. The van der Waals surface area contributed by atoms with Gasteiger partial charge in [-0.05, 0) is 38.5 Å². The Balaban J connectivity index is 1.25. The molecule has 202 valence electrons. The average molecular weight is 549 g/mol. The molecule has 3 aliphatic rings. The molecule has 0 saturated carbocycles. The number of nitrogen functional groups attached to an aromatic ring is 1. The van der Waals surface area contributed by atoms with Crippen LogP contribution in [0.1, 0.15) is 45.1 Å². The van der Waals surface area contributed by atoms with E-state index in [0.717, 1.165) is 0 Å². The van der Waals surface area contributed by atoms with Crippen LogP contribution in [0.2, 0.25) is 0 Å². The van der Waals surface area contributed by atoms with Gasteiger partial charge in [0.25, 0.3) is 0 Å². The molecule has 3 aliphatic heterocycles. The molecule has 2 aromatic heterocycles. The molecule has 3 saturated heterocycles. The summed E-state index contributed by atoms with van der Waals surface area (Å²) < 4.78 is 63.3. The number of rotatable bonds is 5. The fraction of sp³-hybridized carbons (Fsp3) is 0.478. The molecular formula is C23H25FN5O8P. The smallest absolute Gasteiger partial charge is 0.424 e. The van der Waals surface area contributed by atoms with E-state index < -0.39 is 55.5 Å². The van der Waals surface area contributed by atoms with Crippen molar-refractivity contribution in [1.82, 2.24) is 19.5 Å². The molecule has 13 nitrogen and oxygen atoms in total. The summed E-state index contributed by atoms with van der Waals surface area (Å²) >= 11 is 0. The van der Waals surface area contributed by atoms with E-state index in [-0.39, 0.29) is 12.4 Å². The Bertz CT molecular complexity index is 1470. The molecule has 5 heterocycles. The van der Waals surface area contributed by atoms with Gasteiger partial charge in [0.15, 0.2) is 29.4 Å². The second kappa shape index (κ2) is 8.68. The zero-order valence-corrected chi connectivity index (χ0v) is 21.5. The van der Waals surface area contributed by atoms with Crippen LogP contribution in [0.3, 0.4) is 0 Å². The Kier molecular flexibility index (Phi) is 5.74. The molecule has 0 aliphatic carbocycles. The highest BCUT2D eigenvalue weighted by Crippen LogP contribution is 2.62. The summed E-state index contributed by atoms with van der Waals surface area (Å²) in [6, 6.07) is 5.84. The second-order valence-corrected chi connectivity index (χ2v) is 11.7. The molecule has 3 fully saturated rings. The first kappa shape index (κ1) is 25.1. The van der Waals surface area contributed by atoms with Crippen molar-refractivity contribution in [2.24, 2.45) is 0 Å². The third kappa shape index (κ3) is 4.22. The lowest BCUT2D eigenvalue weighted by molar-refractivity contribution is -0.0988. The van der Waals surface area contributed by atoms with Gasteiger partial charge in [-0.1, -0.05) is 12.1 Å². The maximum Gasteiger partial charge on any atom is 0.509 e. The van der Waals surface area contributed by atoms with E-state index in [1.54, 1.807) is 37.5 Å². The van der Waals surface area contributed by atoms with Crippen molar-refractivity contribution in [1.29, 1.82) is 0 Å². The number of nitrogens with two attached hydrogens (primary N) is 1. The standard InChI is InChI=1S/C23H25FN5O8P/c1-22(2)8-14(12-5-4-6-13(24)7-12)36-38(31,37-22)32-9-15-17-23(3,35-21(30)34-17)20(33-15)29-11-28-16-18(25)26-10-27-19(16)29/h4-7,10-11,14-15,17,20H,8-9H2,1-3H3,(H2,25,26,27)/t14?,15-,17-,20-,23-,38?/m1/s1. The summed E-state index contributed by atoms with van der Waals surface area (Å²) in [6.07, 6.45) is -1.38. The van der Waals surface area contributed by atoms with Crippen molar-refractivity contribution in [2.45, 2.75) is 62.9 Å². The number of hydrogen-bond acceptors (Lipinski definition) is 12. The average Bonchev–Trinajstić information content (AvgIpc) is 3.46. The van der Waals surface area contributed by atoms with Crippen LogP contribution >= 0.6 is 7.82 Å². The predicted molar refractivity (Wildman–Crippen MR) is 127 cm³/mol. The largest absolute Gasteiger partial charge is 0.509 e. The van der Waals surface area contributed by atoms with Gasteiger partial charge in [0.1, 0.15) is 23.8 Å². The van der Waals surface area contributed by atoms with Crippen molar-refractivity contribution in [2.75, 3.05) is 12.3 Å². The number of benzene rings is 1. The monoisotopic (exact) mass is 549 g/mol. The normalized spacial score (nSPS) is 34.2. The number of carbonyl (C=O) groups is 1. The molecule has 0 spiro atoms. The maximum atomic E-state index is 13.8. The maximum absolute atomic E-state index is 13.8. The van der Waals surface area contributed by atoms with Gasteiger partial charge >= 0.3 is 14.0 Å². The quantitative estimate of drug-likeness (QED) is 0.363. The Morgan fingerprint density at radius 1 is 1.26 bits per heavy atom. The number of imidazole rings is 1. The summed E-state index contributed by atoms with van der Waals surface area (Å²) in [5.41, 5.74) is 4.91. The van der Waals surface area contributed by atoms with E-state index >= 15 is 0 Å². The molecule has 1 aromatic carbocycles. The third-order valence-corrected chi connectivity index (χ3v) is 8.47. The minimum atomic E-state index is -4.16. The van der Waals surface area contributed by atoms with Crippen LogP contribution in [-0.2, 0) is 32.3 Å². The van der Waals surface area contributed by atoms with Gasteiger partial charge in [-0.2, -0.15) is 0 Å². The summed E-state index contributed by atoms with van der Waals surface area (Å²) in [7, 11) is -4.16. The van der Waals surface area contributed by atoms with Crippen LogP contribution in [0.5, 0.6) is 0 Å². The number of anilines is 1. The summed E-state index contributed by atoms with van der Waals surface area (Å²) in [4.78, 5) is 24.6. The highest BCUT2D eigenvalue weighted by atomic mass is 31.2. The Labute approximate surface area is 216 Å². The van der Waals surface area contributed by atoms with Crippen molar-refractivity contribution in [3.05, 3.63) is 48.3 Å². The number of ether oxygens (including phenoxy) is 3. The first-order valence-corrected chi connectivity index (χ1v) is 13.3. The molecule has 38 heavy (non-hydrogen) atoms. The van der Waals surface area contributed by atoms with Crippen molar-refractivity contribution in [3.63, 3.8) is 0 Å². The van der Waals surface area contributed by atoms with Crippen molar-refractivity contribution < 1.29 is 41.5 Å². The van der Waals surface area contributed by atoms with E-state index in [2.05, 4.69) is 15.0 Å². The number of fused-ring (bicyclic) bond motifs is 2. The number of aromatic nitrogens is 4. The topological polar surface area (TPSA) is 159 Å². The summed E-state index contributed by atoms with van der Waals surface area (Å²) in [5, 5.41) is 0. The molecule has 0 amide bonds. The molecule has 3 aromatic rings. The predicted octanol–water partition coefficient (Wildman–Crippen LogP) is 3.82. The highest BCUT2D eigenvalue weighted by molar-refractivity contribution is 7.48. The molecule has 2 N–H and O–H groups in total. The molecule has 2 unspecified atom stereocenters. The fourth-order valence-electron chi connectivity index (χ4n) is 5.11. The molecule has 6 rings (SSSR count). The first-order chi connectivity index (χ1) is 18.0. The van der Waals surface area contributed by atoms with Crippen LogP contribution in [0.15, 0.2) is 36.9 Å². The van der Waals surface area contributed by atoms with Gasteiger partial charge in [-0.3, -0.25) is 18.1 Å². The number of carbonyl (C=O) groups excluding carboxylic acids is 1. The van der Waals surface area contributed by atoms with Crippen LogP contribution in [-0.4, -0.2) is 55.7 Å². The summed E-state index contributed by atoms with van der Waals surface area (Å²) in [5.74, 6) is -0.272. The van der Waals surface area contributed by atoms with Gasteiger partial charge in [0, 0.05) is 6.42 Å². The second-order valence-electron chi connectivity index (χ2n) is 10.1. The Hall–Kier alpha value is -3.16. The lowest BCUT2D eigenvalue weighted by Crippen LogP contribution is -2.42. The van der Waals surface area contributed by atoms with Crippen molar-refractivity contribution >= 4 is 31.0 Å². The number of halogens is 1. The van der Waals surface area contributed by atoms with Gasteiger partial charge in [0.05, 0.1) is 24.6 Å². The van der Waals surface area contributed by atoms with Gasteiger partial charge < -0.3 is 19.9 Å². The lowest BCUT2D eigenvalue weighted by Gasteiger charge is -2.39. The van der Waals surface area contributed by atoms with Gasteiger partial charge in [-0.15, -0.1) is 0 Å². The highest BCUT2D eigenvalue weighted by Gasteiger charge is 2.65. The Morgan fingerprint density at radius 3 is 2.87 bits per heavy atom. The summed E-state index contributed by atoms with van der Waals surface area (Å²) in [6.45, 7) is 4.78. The van der Waals surface area contributed by atoms with E-state index in [1.165, 1.54) is 24.8 Å². The molecular weight excluding hydrogens is 524 g/mol. The van der Waals surface area contributed by atoms with E-state index in [4.69, 9.17) is 33.5 Å². The molecule has 0 radical (unpaired) electrons. The van der Waals surface area contributed by atoms with Crippen molar-refractivity contribution in [3.8, 4) is 0 Å². The van der Waals surface area contributed by atoms with Crippen LogP contribution in [0.4, 0.5) is 15.0 Å². The Morgan fingerprint density at radius 2 is 2.08 bits per heavy atom. The van der Waals surface area contributed by atoms with Gasteiger partial charge in [-0.25, -0.2) is 28.7 Å². The first-order valence-electron chi connectivity index (χ1n) is 11.8. The van der Waals surface area contributed by atoms with Gasteiger partial charge in [0.2, 0.25) is 0 Å². The van der Waals surface area contributed by atoms with E-state index in [1.807, 2.05) is 0 Å². The van der Waals surface area contributed by atoms with Crippen LogP contribution in [0, 0.1) is 5.82 Å². The fourth-order valence-corrected chi connectivity index (χ4v) is 6.78. The zero-order chi connectivity index (χ0) is 26.9. The van der Waals surface area contributed by atoms with E-state index in [0.29, 0.717) is 23.1 Å². The van der Waals surface area contributed by atoms with Crippen LogP contribution in [0.25, 0.3) is 11.2 Å².